The van der Waals surface area contributed by atoms with Crippen LogP contribution in [0.3, 0.4) is 0 Å². The van der Waals surface area contributed by atoms with E-state index in [1.54, 1.807) is 45.6 Å². The number of unbranched alkanes of at least 4 members (excludes halogenated alkanes) is 1. The predicted octanol–water partition coefficient (Wildman–Crippen LogP) is 2.34. The topological polar surface area (TPSA) is 81.2 Å². The zero-order chi connectivity index (χ0) is 24.0. The maximum absolute atomic E-state index is 14.1. The van der Waals surface area contributed by atoms with Crippen LogP contribution in [0.1, 0.15) is 12.8 Å². The highest BCUT2D eigenvalue weighted by Crippen LogP contribution is 2.61. The Labute approximate surface area is 208 Å². The van der Waals surface area contributed by atoms with Crippen LogP contribution >= 0.6 is 23.4 Å². The molecule has 5 rings (SSSR count). The minimum absolute atomic E-state index is 0.0273. The zero-order valence-corrected chi connectivity index (χ0v) is 20.5. The number of carbonyl (C=O) groups is 3. The van der Waals surface area contributed by atoms with Crippen LogP contribution < -0.4 is 4.90 Å². The maximum Gasteiger partial charge on any atom is 0.251 e. The van der Waals surface area contributed by atoms with Crippen LogP contribution in [-0.2, 0) is 14.4 Å². The van der Waals surface area contributed by atoms with Crippen molar-refractivity contribution in [3.05, 3.63) is 53.6 Å². The molecule has 4 heterocycles. The van der Waals surface area contributed by atoms with E-state index in [0.717, 1.165) is 5.69 Å². The third-order valence-electron chi connectivity index (χ3n) is 7.31. The largest absolute Gasteiger partial charge is 0.396 e. The van der Waals surface area contributed by atoms with E-state index in [1.165, 1.54) is 0 Å². The average molecular weight is 502 g/mol. The van der Waals surface area contributed by atoms with Gasteiger partial charge in [-0.25, -0.2) is 0 Å². The molecule has 4 aliphatic heterocycles. The lowest BCUT2D eigenvalue weighted by atomic mass is 9.78. The molecular weight excluding hydrogens is 474 g/mol. The first kappa shape index (κ1) is 23.5. The minimum Gasteiger partial charge on any atom is -0.396 e. The number of aliphatic hydroxyl groups excluding tert-OH is 1. The SMILES string of the molecule is CN1CC=C[C@H]2S[C@]34C=CCN(c5ccc(Cl)cc5)C(=O)C3N(CCCCO)C(=O)[C@@H]4[C@H]2C1=O. The Morgan fingerprint density at radius 2 is 1.82 bits per heavy atom. The summed E-state index contributed by atoms with van der Waals surface area (Å²) < 4.78 is -0.817. The number of halogens is 1. The van der Waals surface area contributed by atoms with Crippen molar-refractivity contribution < 1.29 is 19.5 Å². The van der Waals surface area contributed by atoms with Crippen LogP contribution in [0.15, 0.2) is 48.6 Å². The molecule has 180 valence electrons. The predicted molar refractivity (Wildman–Crippen MR) is 133 cm³/mol. The van der Waals surface area contributed by atoms with E-state index in [2.05, 4.69) is 0 Å². The molecule has 1 aromatic rings. The molecule has 0 aromatic heterocycles. The monoisotopic (exact) mass is 501 g/mol. The number of anilines is 1. The molecule has 3 amide bonds. The Morgan fingerprint density at radius 1 is 1.06 bits per heavy atom. The molecule has 1 aromatic carbocycles. The average Bonchev–Trinajstić information content (AvgIpc) is 3.14. The Bertz CT molecular complexity index is 1060. The summed E-state index contributed by atoms with van der Waals surface area (Å²) in [6.45, 7) is 1.29. The fraction of sp³-hybridized carbons (Fsp3) is 0.480. The molecule has 0 bridgehead atoms. The van der Waals surface area contributed by atoms with E-state index in [9.17, 15) is 19.5 Å². The molecule has 4 aliphatic rings. The number of aliphatic hydroxyl groups is 1. The standard InChI is InChI=1S/C25H28ClN3O4S/c1-27-12-4-6-18-19(22(27)31)20-23(32)29(13-2-3-15-30)21-24(33)28(14-5-11-25(20,21)34-18)17-9-7-16(26)8-10-17/h4-11,18-21,30H,2-3,12-15H2,1H3/t18-,19+,20+,21?,25+/m1/s1. The van der Waals surface area contributed by atoms with Crippen LogP contribution in [0.2, 0.25) is 5.02 Å². The first-order chi connectivity index (χ1) is 16.4. The number of likely N-dealkylation sites (N-methyl/N-ethyl adjacent to an activating group) is 1. The molecule has 5 atom stereocenters. The molecule has 1 N–H and O–H groups in total. The zero-order valence-electron chi connectivity index (χ0n) is 19.0. The van der Waals surface area contributed by atoms with Gasteiger partial charge in [0.1, 0.15) is 6.04 Å². The summed E-state index contributed by atoms with van der Waals surface area (Å²) >= 11 is 7.64. The van der Waals surface area contributed by atoms with Gasteiger partial charge in [-0.1, -0.05) is 35.9 Å². The van der Waals surface area contributed by atoms with Crippen molar-refractivity contribution >= 4 is 46.8 Å². The maximum atomic E-state index is 14.1. The van der Waals surface area contributed by atoms with Gasteiger partial charge in [0.25, 0.3) is 5.91 Å². The summed E-state index contributed by atoms with van der Waals surface area (Å²) in [6, 6.07) is 6.39. The van der Waals surface area contributed by atoms with Crippen molar-refractivity contribution in [2.75, 3.05) is 38.2 Å². The molecule has 7 nitrogen and oxygen atoms in total. The van der Waals surface area contributed by atoms with Crippen LogP contribution in [0, 0.1) is 11.8 Å². The van der Waals surface area contributed by atoms with Crippen LogP contribution in [0.25, 0.3) is 0 Å². The molecule has 0 aliphatic carbocycles. The number of carbonyl (C=O) groups excluding carboxylic acids is 3. The Kier molecular flexibility index (Phi) is 6.25. The summed E-state index contributed by atoms with van der Waals surface area (Å²) in [5, 5.41) is 9.72. The van der Waals surface area contributed by atoms with Gasteiger partial charge >= 0.3 is 0 Å². The highest BCUT2D eigenvalue weighted by Gasteiger charge is 2.70. The van der Waals surface area contributed by atoms with Crippen molar-refractivity contribution in [3.63, 3.8) is 0 Å². The number of amides is 3. The molecule has 2 fully saturated rings. The number of hydrogen-bond acceptors (Lipinski definition) is 5. The van der Waals surface area contributed by atoms with Gasteiger partial charge in [0.15, 0.2) is 0 Å². The second-order valence-electron chi connectivity index (χ2n) is 9.28. The summed E-state index contributed by atoms with van der Waals surface area (Å²) in [4.78, 5) is 46.5. The summed E-state index contributed by atoms with van der Waals surface area (Å²) in [5.74, 6) is -1.46. The van der Waals surface area contributed by atoms with Gasteiger partial charge in [-0.3, -0.25) is 14.4 Å². The second kappa shape index (κ2) is 9.06. The highest BCUT2D eigenvalue weighted by molar-refractivity contribution is 8.02. The fourth-order valence-electron chi connectivity index (χ4n) is 5.75. The molecule has 1 spiro atoms. The first-order valence-electron chi connectivity index (χ1n) is 11.6. The van der Waals surface area contributed by atoms with Crippen molar-refractivity contribution in [1.82, 2.24) is 9.80 Å². The molecular formula is C25H28ClN3O4S. The van der Waals surface area contributed by atoms with Crippen LogP contribution in [0.5, 0.6) is 0 Å². The van der Waals surface area contributed by atoms with Crippen molar-refractivity contribution in [1.29, 1.82) is 0 Å². The van der Waals surface area contributed by atoms with Gasteiger partial charge in [-0.05, 0) is 37.1 Å². The number of rotatable bonds is 5. The Balaban J connectivity index is 1.59. The van der Waals surface area contributed by atoms with Crippen molar-refractivity contribution in [2.24, 2.45) is 11.8 Å². The summed E-state index contributed by atoms with van der Waals surface area (Å²) in [5.41, 5.74) is 0.718. The van der Waals surface area contributed by atoms with Gasteiger partial charge in [0.05, 0.1) is 16.6 Å². The second-order valence-corrected chi connectivity index (χ2v) is 11.2. The molecule has 1 unspecified atom stereocenters. The summed E-state index contributed by atoms with van der Waals surface area (Å²) in [6.07, 6.45) is 9.12. The smallest absolute Gasteiger partial charge is 0.251 e. The van der Waals surface area contributed by atoms with E-state index in [4.69, 9.17) is 11.6 Å². The fourth-order valence-corrected chi connectivity index (χ4v) is 7.88. The molecule has 2 saturated heterocycles. The molecule has 0 radical (unpaired) electrons. The number of nitrogens with zero attached hydrogens (tertiary/aromatic N) is 3. The van der Waals surface area contributed by atoms with E-state index < -0.39 is 22.6 Å². The third kappa shape index (κ3) is 3.58. The quantitative estimate of drug-likeness (QED) is 0.495. The van der Waals surface area contributed by atoms with Gasteiger partial charge in [-0.15, -0.1) is 11.8 Å². The van der Waals surface area contributed by atoms with Gasteiger partial charge in [0.2, 0.25) is 11.8 Å². The van der Waals surface area contributed by atoms with E-state index in [1.807, 2.05) is 36.4 Å². The van der Waals surface area contributed by atoms with Gasteiger partial charge < -0.3 is 19.8 Å². The molecule has 34 heavy (non-hydrogen) atoms. The number of fused-ring (bicyclic) bond motifs is 2. The van der Waals surface area contributed by atoms with Crippen LogP contribution in [0.4, 0.5) is 5.69 Å². The number of thioether (sulfide) groups is 1. The highest BCUT2D eigenvalue weighted by atomic mass is 35.5. The van der Waals surface area contributed by atoms with Crippen molar-refractivity contribution in [3.8, 4) is 0 Å². The Morgan fingerprint density at radius 3 is 2.56 bits per heavy atom. The lowest BCUT2D eigenvalue weighted by Crippen LogP contribution is -2.53. The minimum atomic E-state index is -0.817. The summed E-state index contributed by atoms with van der Waals surface area (Å²) in [7, 11) is 1.76. The Hall–Kier alpha value is -2.29. The molecule has 0 saturated carbocycles. The third-order valence-corrected chi connectivity index (χ3v) is 9.30. The lowest BCUT2D eigenvalue weighted by molar-refractivity contribution is -0.142. The number of benzene rings is 1. The van der Waals surface area contributed by atoms with E-state index >= 15 is 0 Å². The van der Waals surface area contributed by atoms with E-state index in [-0.39, 0.29) is 29.6 Å². The normalized spacial score (nSPS) is 32.6. The van der Waals surface area contributed by atoms with Crippen molar-refractivity contribution in [2.45, 2.75) is 28.9 Å². The van der Waals surface area contributed by atoms with E-state index in [0.29, 0.717) is 37.5 Å². The number of likely N-dealkylation sites (tertiary alicyclic amines) is 1. The van der Waals surface area contributed by atoms with Gasteiger partial charge in [-0.2, -0.15) is 0 Å². The van der Waals surface area contributed by atoms with Gasteiger partial charge in [0, 0.05) is 49.2 Å². The number of hydrogen-bond donors (Lipinski definition) is 1. The lowest BCUT2D eigenvalue weighted by Gasteiger charge is -2.35. The first-order valence-corrected chi connectivity index (χ1v) is 12.9. The van der Waals surface area contributed by atoms with Crippen LogP contribution in [-0.4, -0.2) is 82.0 Å². The molecule has 9 heteroatoms.